The Morgan fingerprint density at radius 3 is 1.56 bits per heavy atom. The highest BCUT2D eigenvalue weighted by molar-refractivity contribution is 5.76. The van der Waals surface area contributed by atoms with E-state index >= 15 is 0 Å². The largest absolute Gasteiger partial charge is 0.377 e. The molecular weight excluding hydrogens is 326 g/mol. The molecule has 7 heteroatoms. The van der Waals surface area contributed by atoms with Gasteiger partial charge in [-0.15, -0.1) is 6.58 Å². The molecule has 25 heavy (non-hydrogen) atoms. The van der Waals surface area contributed by atoms with Gasteiger partial charge < -0.3 is 28.6 Å². The van der Waals surface area contributed by atoms with Gasteiger partial charge in [-0.2, -0.15) is 0 Å². The molecule has 0 spiro atoms. The van der Waals surface area contributed by atoms with Crippen molar-refractivity contribution < 1.29 is 28.5 Å². The van der Waals surface area contributed by atoms with E-state index in [0.717, 1.165) is 12.8 Å². The second-order valence-electron chi connectivity index (χ2n) is 5.62. The van der Waals surface area contributed by atoms with Crippen molar-refractivity contribution in [3.05, 3.63) is 12.7 Å². The maximum absolute atomic E-state index is 12.3. The van der Waals surface area contributed by atoms with Gasteiger partial charge in [-0.05, 0) is 12.8 Å². The van der Waals surface area contributed by atoms with Crippen LogP contribution in [0.2, 0.25) is 0 Å². The van der Waals surface area contributed by atoms with Gasteiger partial charge in [0.2, 0.25) is 5.91 Å². The molecule has 1 rings (SSSR count). The maximum atomic E-state index is 12.3. The first kappa shape index (κ1) is 22.1. The number of amides is 1. The fraction of sp³-hybridized carbons (Fsp3) is 0.833. The zero-order chi connectivity index (χ0) is 18.0. The number of unbranched alkanes of at least 4 members (excludes halogenated alkanes) is 1. The molecule has 0 aromatic carbocycles. The Morgan fingerprint density at radius 2 is 1.16 bits per heavy atom. The molecule has 1 amide bonds. The van der Waals surface area contributed by atoms with Crippen molar-refractivity contribution >= 4 is 5.91 Å². The highest BCUT2D eigenvalue weighted by atomic mass is 16.6. The van der Waals surface area contributed by atoms with Crippen LogP contribution in [-0.2, 0) is 28.5 Å². The fourth-order valence-electron chi connectivity index (χ4n) is 2.25. The van der Waals surface area contributed by atoms with Crippen molar-refractivity contribution in [2.24, 2.45) is 0 Å². The summed E-state index contributed by atoms with van der Waals surface area (Å²) in [4.78, 5) is 14.1. The van der Waals surface area contributed by atoms with E-state index in [2.05, 4.69) is 6.58 Å². The summed E-state index contributed by atoms with van der Waals surface area (Å²) in [6.07, 6.45) is 4.04. The number of hydrogen-bond acceptors (Lipinski definition) is 6. The minimum absolute atomic E-state index is 0.133. The molecular formula is C18H33NO6. The number of hydrogen-bond donors (Lipinski definition) is 0. The van der Waals surface area contributed by atoms with Gasteiger partial charge in [-0.1, -0.05) is 6.08 Å². The van der Waals surface area contributed by atoms with Crippen LogP contribution in [0.25, 0.3) is 0 Å². The van der Waals surface area contributed by atoms with E-state index in [-0.39, 0.29) is 5.91 Å². The molecule has 146 valence electrons. The van der Waals surface area contributed by atoms with Crippen LogP contribution >= 0.6 is 0 Å². The van der Waals surface area contributed by atoms with Gasteiger partial charge in [0.25, 0.3) is 0 Å². The molecule has 0 N–H and O–H groups in total. The smallest absolute Gasteiger partial charge is 0.222 e. The summed E-state index contributed by atoms with van der Waals surface area (Å²) in [7, 11) is 0. The summed E-state index contributed by atoms with van der Waals surface area (Å²) in [5, 5.41) is 0. The third-order valence-electron chi connectivity index (χ3n) is 3.65. The Hall–Kier alpha value is -0.990. The van der Waals surface area contributed by atoms with Crippen LogP contribution in [0.4, 0.5) is 0 Å². The monoisotopic (exact) mass is 359 g/mol. The van der Waals surface area contributed by atoms with E-state index in [9.17, 15) is 4.79 Å². The molecule has 7 nitrogen and oxygen atoms in total. The predicted molar refractivity (Wildman–Crippen MR) is 94.7 cm³/mol. The minimum Gasteiger partial charge on any atom is -0.377 e. The minimum atomic E-state index is 0.133. The van der Waals surface area contributed by atoms with E-state index in [0.29, 0.717) is 85.6 Å². The standard InChI is InChI=1S/C18H33NO6/c1-2-3-4-5-18(20)19-6-8-21-10-12-23-14-16-25-17-15-24-13-11-22-9-7-19/h2H,1,3-17H2. The lowest BCUT2D eigenvalue weighted by atomic mass is 10.2. The average molecular weight is 359 g/mol. The third-order valence-corrected chi connectivity index (χ3v) is 3.65. The molecule has 0 saturated carbocycles. The molecule has 1 fully saturated rings. The first-order valence-electron chi connectivity index (χ1n) is 9.12. The van der Waals surface area contributed by atoms with Crippen molar-refractivity contribution in [3.63, 3.8) is 0 Å². The second-order valence-corrected chi connectivity index (χ2v) is 5.62. The molecule has 0 bridgehead atoms. The zero-order valence-corrected chi connectivity index (χ0v) is 15.3. The molecule has 0 aliphatic carbocycles. The van der Waals surface area contributed by atoms with Crippen LogP contribution in [-0.4, -0.2) is 90.0 Å². The van der Waals surface area contributed by atoms with Gasteiger partial charge >= 0.3 is 0 Å². The number of ether oxygens (including phenoxy) is 5. The average Bonchev–Trinajstić information content (AvgIpc) is 2.62. The summed E-state index contributed by atoms with van der Waals surface area (Å²) in [6.45, 7) is 10.1. The van der Waals surface area contributed by atoms with Gasteiger partial charge in [-0.3, -0.25) is 4.79 Å². The fourth-order valence-corrected chi connectivity index (χ4v) is 2.25. The molecule has 0 radical (unpaired) electrons. The second kappa shape index (κ2) is 16.5. The maximum Gasteiger partial charge on any atom is 0.222 e. The summed E-state index contributed by atoms with van der Waals surface area (Å²) in [5.41, 5.74) is 0. The van der Waals surface area contributed by atoms with E-state index in [1.54, 1.807) is 0 Å². The van der Waals surface area contributed by atoms with Gasteiger partial charge in [0.05, 0.1) is 66.1 Å². The van der Waals surface area contributed by atoms with Gasteiger partial charge in [0, 0.05) is 19.5 Å². The van der Waals surface area contributed by atoms with Gasteiger partial charge in [0.1, 0.15) is 0 Å². The van der Waals surface area contributed by atoms with Crippen molar-refractivity contribution in [3.8, 4) is 0 Å². The summed E-state index contributed by atoms with van der Waals surface area (Å²) >= 11 is 0. The Kier molecular flexibility index (Phi) is 14.5. The van der Waals surface area contributed by atoms with Crippen LogP contribution in [0.1, 0.15) is 19.3 Å². The summed E-state index contributed by atoms with van der Waals surface area (Å²) in [5.74, 6) is 0.133. The molecule has 1 aliphatic heterocycles. The van der Waals surface area contributed by atoms with Crippen LogP contribution in [0.3, 0.4) is 0 Å². The van der Waals surface area contributed by atoms with Gasteiger partial charge in [-0.25, -0.2) is 0 Å². The number of carbonyl (C=O) groups is 1. The van der Waals surface area contributed by atoms with Crippen LogP contribution < -0.4 is 0 Å². The molecule has 0 unspecified atom stereocenters. The molecule has 1 aliphatic rings. The first-order valence-corrected chi connectivity index (χ1v) is 9.12. The normalized spacial score (nSPS) is 20.4. The highest BCUT2D eigenvalue weighted by Gasteiger charge is 2.12. The third kappa shape index (κ3) is 12.9. The highest BCUT2D eigenvalue weighted by Crippen LogP contribution is 2.02. The molecule has 1 saturated heterocycles. The van der Waals surface area contributed by atoms with Crippen LogP contribution in [0.15, 0.2) is 12.7 Å². The van der Waals surface area contributed by atoms with E-state index in [4.69, 9.17) is 23.7 Å². The van der Waals surface area contributed by atoms with E-state index in [1.807, 2.05) is 11.0 Å². The quantitative estimate of drug-likeness (QED) is 0.556. The first-order chi connectivity index (χ1) is 12.3. The molecule has 0 aromatic rings. The Balaban J connectivity index is 2.34. The van der Waals surface area contributed by atoms with E-state index < -0.39 is 0 Å². The number of rotatable bonds is 4. The van der Waals surface area contributed by atoms with Crippen LogP contribution in [0, 0.1) is 0 Å². The number of allylic oxidation sites excluding steroid dienone is 1. The molecule has 1 heterocycles. The number of carbonyl (C=O) groups excluding carboxylic acids is 1. The lowest BCUT2D eigenvalue weighted by molar-refractivity contribution is -0.133. The lowest BCUT2D eigenvalue weighted by Crippen LogP contribution is -2.37. The lowest BCUT2D eigenvalue weighted by Gasteiger charge is -2.23. The summed E-state index contributed by atoms with van der Waals surface area (Å²) < 4.78 is 27.3. The Labute approximate surface area is 151 Å². The van der Waals surface area contributed by atoms with Gasteiger partial charge in [0.15, 0.2) is 0 Å². The Morgan fingerprint density at radius 1 is 0.760 bits per heavy atom. The molecule has 0 aromatic heterocycles. The molecule has 0 atom stereocenters. The number of nitrogens with zero attached hydrogens (tertiary/aromatic N) is 1. The zero-order valence-electron chi connectivity index (χ0n) is 15.3. The van der Waals surface area contributed by atoms with Crippen molar-refractivity contribution in [1.82, 2.24) is 4.90 Å². The summed E-state index contributed by atoms with van der Waals surface area (Å²) in [6, 6.07) is 0. The predicted octanol–water partition coefficient (Wildman–Crippen LogP) is 1.27. The van der Waals surface area contributed by atoms with Crippen LogP contribution in [0.5, 0.6) is 0 Å². The topological polar surface area (TPSA) is 66.5 Å². The van der Waals surface area contributed by atoms with Crippen molar-refractivity contribution in [2.45, 2.75) is 19.3 Å². The van der Waals surface area contributed by atoms with Crippen molar-refractivity contribution in [1.29, 1.82) is 0 Å². The SMILES string of the molecule is C=CCCCC(=O)N1CCOCCOCCOCCOCCOCC1. The van der Waals surface area contributed by atoms with Crippen molar-refractivity contribution in [2.75, 3.05) is 79.2 Å². The Bertz CT molecular complexity index is 322. The van der Waals surface area contributed by atoms with E-state index in [1.165, 1.54) is 0 Å².